The van der Waals surface area contributed by atoms with Gasteiger partial charge in [-0.1, -0.05) is 32.0 Å². The molecule has 1 aromatic carbocycles. The van der Waals surface area contributed by atoms with Crippen LogP contribution in [0.5, 0.6) is 0 Å². The number of aromatic nitrogens is 1. The van der Waals surface area contributed by atoms with Gasteiger partial charge >= 0.3 is 0 Å². The number of benzene rings is 1. The molecule has 0 aliphatic heterocycles. The number of carbonyl (C=O) groups excluding carboxylic acids is 1. The maximum absolute atomic E-state index is 13.5. The summed E-state index contributed by atoms with van der Waals surface area (Å²) in [6.45, 7) is 3.97. The third-order valence-corrected chi connectivity index (χ3v) is 7.25. The molecule has 0 amide bonds. The smallest absolute Gasteiger partial charge is 0.191 e. The van der Waals surface area contributed by atoms with Gasteiger partial charge in [0.15, 0.2) is 5.78 Å². The standard InChI is InChI=1S/C25H25NO4S/c1-25(2)19-11-16(30-13-15(28)12-27)6-8-17(19)23(29)22-18-7-5-14(21-4-3-9-31-21)10-20(18)26-24(22)25/h3-5,7,9-11,15,26-28H,6,8,12-13H2,1-2H3/t15-/m1/s1. The van der Waals surface area contributed by atoms with Gasteiger partial charge in [-0.2, -0.15) is 0 Å². The van der Waals surface area contributed by atoms with Crippen molar-refractivity contribution in [2.24, 2.45) is 0 Å². The number of ketones is 1. The minimum Gasteiger partial charge on any atom is -0.495 e. The lowest BCUT2D eigenvalue weighted by Crippen LogP contribution is -2.32. The second-order valence-electron chi connectivity index (χ2n) is 8.72. The van der Waals surface area contributed by atoms with Crippen LogP contribution in [0, 0.1) is 0 Å². The minimum atomic E-state index is -0.907. The third-order valence-electron chi connectivity index (χ3n) is 6.33. The maximum Gasteiger partial charge on any atom is 0.191 e. The van der Waals surface area contributed by atoms with Crippen molar-refractivity contribution in [3.05, 3.63) is 70.0 Å². The van der Waals surface area contributed by atoms with Crippen LogP contribution in [0.25, 0.3) is 21.3 Å². The quantitative estimate of drug-likeness (QED) is 0.542. The second-order valence-corrected chi connectivity index (χ2v) is 9.66. The van der Waals surface area contributed by atoms with E-state index in [1.54, 1.807) is 11.3 Å². The number of aromatic amines is 1. The molecule has 0 radical (unpaired) electrons. The van der Waals surface area contributed by atoms with Gasteiger partial charge in [0.1, 0.15) is 12.7 Å². The van der Waals surface area contributed by atoms with Gasteiger partial charge in [0.25, 0.3) is 0 Å². The first kappa shape index (κ1) is 20.2. The molecule has 31 heavy (non-hydrogen) atoms. The first-order chi connectivity index (χ1) is 14.9. The maximum atomic E-state index is 13.5. The third kappa shape index (κ3) is 3.26. The highest BCUT2D eigenvalue weighted by atomic mass is 32.1. The predicted octanol–water partition coefficient (Wildman–Crippen LogP) is 4.71. The van der Waals surface area contributed by atoms with E-state index in [-0.39, 0.29) is 24.4 Å². The number of ether oxygens (including phenoxy) is 1. The lowest BCUT2D eigenvalue weighted by atomic mass is 9.68. The Labute approximate surface area is 184 Å². The zero-order chi connectivity index (χ0) is 21.8. The number of hydrogen-bond donors (Lipinski definition) is 3. The van der Waals surface area contributed by atoms with E-state index in [0.29, 0.717) is 12.8 Å². The second kappa shape index (κ2) is 7.48. The Morgan fingerprint density at radius 1 is 1.26 bits per heavy atom. The fraction of sp³-hybridized carbons (Fsp3) is 0.320. The summed E-state index contributed by atoms with van der Waals surface area (Å²) >= 11 is 1.70. The predicted molar refractivity (Wildman–Crippen MR) is 122 cm³/mol. The Morgan fingerprint density at radius 3 is 2.84 bits per heavy atom. The van der Waals surface area contributed by atoms with Crippen molar-refractivity contribution >= 4 is 28.0 Å². The van der Waals surface area contributed by atoms with Crippen LogP contribution in [0.1, 0.15) is 42.7 Å². The molecule has 0 unspecified atom stereocenters. The molecular formula is C25H25NO4S. The summed E-state index contributed by atoms with van der Waals surface area (Å²) in [4.78, 5) is 18.3. The topological polar surface area (TPSA) is 82.5 Å². The van der Waals surface area contributed by atoms with Crippen molar-refractivity contribution in [2.75, 3.05) is 13.2 Å². The van der Waals surface area contributed by atoms with Crippen LogP contribution in [0.15, 0.2) is 58.7 Å². The lowest BCUT2D eigenvalue weighted by Gasteiger charge is -2.35. The van der Waals surface area contributed by atoms with E-state index in [4.69, 9.17) is 9.84 Å². The first-order valence-corrected chi connectivity index (χ1v) is 11.4. The van der Waals surface area contributed by atoms with Crippen molar-refractivity contribution < 1.29 is 19.7 Å². The minimum absolute atomic E-state index is 0.0441. The molecule has 1 atom stereocenters. The summed E-state index contributed by atoms with van der Waals surface area (Å²) in [6, 6.07) is 10.4. The first-order valence-electron chi connectivity index (χ1n) is 10.5. The molecule has 0 spiro atoms. The molecule has 2 aliphatic carbocycles. The molecule has 2 aromatic heterocycles. The fourth-order valence-electron chi connectivity index (χ4n) is 4.65. The van der Waals surface area contributed by atoms with Crippen LogP contribution in [-0.4, -0.2) is 40.3 Å². The zero-order valence-corrected chi connectivity index (χ0v) is 18.4. The monoisotopic (exact) mass is 435 g/mol. The number of aliphatic hydroxyl groups is 2. The molecule has 3 aromatic rings. The number of fused-ring (bicyclic) bond motifs is 3. The average Bonchev–Trinajstić information content (AvgIpc) is 3.44. The molecule has 0 bridgehead atoms. The van der Waals surface area contributed by atoms with Crippen molar-refractivity contribution in [1.29, 1.82) is 0 Å². The van der Waals surface area contributed by atoms with Crippen molar-refractivity contribution in [1.82, 2.24) is 4.98 Å². The van der Waals surface area contributed by atoms with E-state index >= 15 is 0 Å². The van der Waals surface area contributed by atoms with E-state index in [2.05, 4.69) is 48.5 Å². The van der Waals surface area contributed by atoms with E-state index in [1.807, 2.05) is 12.1 Å². The normalized spacial score (nSPS) is 18.6. The molecule has 2 aliphatic rings. The lowest BCUT2D eigenvalue weighted by molar-refractivity contribution is 0.0279. The molecule has 0 saturated carbocycles. The van der Waals surface area contributed by atoms with Crippen LogP contribution >= 0.6 is 11.3 Å². The zero-order valence-electron chi connectivity index (χ0n) is 17.6. The summed E-state index contributed by atoms with van der Waals surface area (Å²) in [5.74, 6) is 0.830. The number of aliphatic hydroxyl groups excluding tert-OH is 2. The highest BCUT2D eigenvalue weighted by Crippen LogP contribution is 2.47. The van der Waals surface area contributed by atoms with Crippen LogP contribution in [-0.2, 0) is 10.2 Å². The molecule has 2 heterocycles. The Hall–Kier alpha value is -2.67. The fourth-order valence-corrected chi connectivity index (χ4v) is 5.37. The number of Topliss-reactive ketones (excluding diaryl/α,β-unsaturated/α-hetero) is 1. The summed E-state index contributed by atoms with van der Waals surface area (Å²) in [6.07, 6.45) is 2.26. The van der Waals surface area contributed by atoms with Gasteiger partial charge < -0.3 is 19.9 Å². The number of allylic oxidation sites excluding steroid dienone is 4. The van der Waals surface area contributed by atoms with Gasteiger partial charge in [-0.05, 0) is 41.1 Å². The van der Waals surface area contributed by atoms with Crippen LogP contribution in [0.2, 0.25) is 0 Å². The Bertz CT molecular complexity index is 1230. The van der Waals surface area contributed by atoms with Crippen molar-refractivity contribution in [2.45, 2.75) is 38.2 Å². The van der Waals surface area contributed by atoms with Gasteiger partial charge in [0.2, 0.25) is 0 Å². The molecule has 160 valence electrons. The molecule has 5 nitrogen and oxygen atoms in total. The number of nitrogens with one attached hydrogen (secondary N) is 1. The number of rotatable bonds is 5. The highest BCUT2D eigenvalue weighted by molar-refractivity contribution is 7.13. The van der Waals surface area contributed by atoms with Gasteiger partial charge in [0.05, 0.1) is 17.9 Å². The summed E-state index contributed by atoms with van der Waals surface area (Å²) in [5.41, 5.74) is 5.26. The molecule has 0 fully saturated rings. The SMILES string of the molecule is CC1(C)C2=C(CCC(OC[C@H](O)CO)=C2)C(=O)c2c1[nH]c1cc(-c3cccs3)ccc21. The summed E-state index contributed by atoms with van der Waals surface area (Å²) in [7, 11) is 0. The number of hydrogen-bond acceptors (Lipinski definition) is 5. The summed E-state index contributed by atoms with van der Waals surface area (Å²) < 4.78 is 5.71. The largest absolute Gasteiger partial charge is 0.495 e. The van der Waals surface area contributed by atoms with Gasteiger partial charge in [-0.25, -0.2) is 0 Å². The summed E-state index contributed by atoms with van der Waals surface area (Å²) in [5, 5.41) is 21.6. The van der Waals surface area contributed by atoms with Crippen LogP contribution in [0.4, 0.5) is 0 Å². The molecular weight excluding hydrogens is 410 g/mol. The molecule has 6 heteroatoms. The highest BCUT2D eigenvalue weighted by Gasteiger charge is 2.41. The van der Waals surface area contributed by atoms with Crippen molar-refractivity contribution in [3.8, 4) is 10.4 Å². The molecule has 5 rings (SSSR count). The van der Waals surface area contributed by atoms with Gasteiger partial charge in [0, 0.05) is 38.9 Å². The number of H-pyrrole nitrogens is 1. The van der Waals surface area contributed by atoms with E-state index in [9.17, 15) is 9.90 Å². The number of carbonyl (C=O) groups is 1. The van der Waals surface area contributed by atoms with E-state index in [0.717, 1.165) is 44.6 Å². The van der Waals surface area contributed by atoms with Crippen LogP contribution < -0.4 is 0 Å². The Balaban J connectivity index is 1.57. The number of thiophene rings is 1. The average molecular weight is 436 g/mol. The van der Waals surface area contributed by atoms with E-state index in [1.165, 1.54) is 4.88 Å². The Morgan fingerprint density at radius 2 is 2.10 bits per heavy atom. The Kier molecular flexibility index (Phi) is 4.88. The van der Waals surface area contributed by atoms with Gasteiger partial charge in [-0.3, -0.25) is 4.79 Å². The molecule has 3 N–H and O–H groups in total. The molecule has 0 saturated heterocycles. The van der Waals surface area contributed by atoms with Crippen molar-refractivity contribution in [3.63, 3.8) is 0 Å². The van der Waals surface area contributed by atoms with E-state index < -0.39 is 6.10 Å². The van der Waals surface area contributed by atoms with Crippen LogP contribution in [0.3, 0.4) is 0 Å². The van der Waals surface area contributed by atoms with Gasteiger partial charge in [-0.15, -0.1) is 11.3 Å².